The van der Waals surface area contributed by atoms with E-state index in [9.17, 15) is 0 Å². The smallest absolute Gasteiger partial charge is 0.153 e. The van der Waals surface area contributed by atoms with Gasteiger partial charge in [-0.15, -0.1) is 0 Å². The van der Waals surface area contributed by atoms with Gasteiger partial charge >= 0.3 is 0 Å². The molecule has 0 aliphatic heterocycles. The van der Waals surface area contributed by atoms with Gasteiger partial charge in [0.2, 0.25) is 0 Å². The van der Waals surface area contributed by atoms with Crippen molar-refractivity contribution in [3.63, 3.8) is 0 Å². The van der Waals surface area contributed by atoms with E-state index in [1.165, 1.54) is 0 Å². The highest BCUT2D eigenvalue weighted by Crippen LogP contribution is 2.37. The van der Waals surface area contributed by atoms with Crippen molar-refractivity contribution < 1.29 is 0 Å². The highest BCUT2D eigenvalue weighted by Gasteiger charge is 2.15. The number of rotatable bonds is 2. The predicted octanol–water partition coefficient (Wildman–Crippen LogP) is 5.40. The minimum absolute atomic E-state index is 0.420. The Morgan fingerprint density at radius 3 is 2.52 bits per heavy atom. The van der Waals surface area contributed by atoms with Gasteiger partial charge in [-0.3, -0.25) is 5.10 Å². The Bertz CT molecular complexity index is 814. The molecule has 0 amide bonds. The van der Waals surface area contributed by atoms with Crippen molar-refractivity contribution in [1.29, 1.82) is 0 Å². The predicted molar refractivity (Wildman–Crippen MR) is 91.6 cm³/mol. The molecule has 0 atom stereocenters. The summed E-state index contributed by atoms with van der Waals surface area (Å²) in [6.07, 6.45) is 0. The lowest BCUT2D eigenvalue weighted by molar-refractivity contribution is 1.10. The molecule has 1 heterocycles. The Hall–Kier alpha value is -1.49. The van der Waals surface area contributed by atoms with Gasteiger partial charge < -0.3 is 5.73 Å². The maximum Gasteiger partial charge on any atom is 0.153 e. The van der Waals surface area contributed by atoms with Gasteiger partial charge in [0, 0.05) is 10.0 Å². The lowest BCUT2D eigenvalue weighted by Crippen LogP contribution is -1.89. The first-order chi connectivity index (χ1) is 10.1. The number of nitrogens with zero attached hydrogens (tertiary/aromatic N) is 1. The lowest BCUT2D eigenvalue weighted by Gasteiger charge is -2.06. The van der Waals surface area contributed by atoms with Crippen LogP contribution in [0, 0.1) is 0 Å². The molecule has 0 saturated carbocycles. The Morgan fingerprint density at radius 1 is 1.00 bits per heavy atom. The van der Waals surface area contributed by atoms with Gasteiger partial charge in [0.05, 0.1) is 21.3 Å². The third-order valence-electron chi connectivity index (χ3n) is 3.12. The minimum atomic E-state index is 0.420. The van der Waals surface area contributed by atoms with Crippen LogP contribution in [0.4, 0.5) is 5.82 Å². The van der Waals surface area contributed by atoms with Gasteiger partial charge in [-0.05, 0) is 29.8 Å². The van der Waals surface area contributed by atoms with E-state index in [4.69, 9.17) is 28.9 Å². The van der Waals surface area contributed by atoms with Crippen LogP contribution in [0.5, 0.6) is 0 Å². The average Bonchev–Trinajstić information content (AvgIpc) is 2.84. The van der Waals surface area contributed by atoms with Gasteiger partial charge in [0.25, 0.3) is 0 Å². The highest BCUT2D eigenvalue weighted by molar-refractivity contribution is 9.10. The number of nitrogen functional groups attached to an aromatic ring is 1. The van der Waals surface area contributed by atoms with Crippen LogP contribution < -0.4 is 5.73 Å². The van der Waals surface area contributed by atoms with Crippen molar-refractivity contribution in [2.24, 2.45) is 0 Å². The molecule has 106 valence electrons. The summed E-state index contributed by atoms with van der Waals surface area (Å²) in [4.78, 5) is 0. The fourth-order valence-electron chi connectivity index (χ4n) is 2.15. The molecule has 2 aromatic carbocycles. The number of aromatic nitrogens is 2. The zero-order valence-electron chi connectivity index (χ0n) is 10.7. The summed E-state index contributed by atoms with van der Waals surface area (Å²) in [6, 6.07) is 13.3. The van der Waals surface area contributed by atoms with Crippen molar-refractivity contribution in [2.45, 2.75) is 0 Å². The summed E-state index contributed by atoms with van der Waals surface area (Å²) in [5.41, 5.74) is 9.51. The first kappa shape index (κ1) is 14.4. The van der Waals surface area contributed by atoms with E-state index in [-0.39, 0.29) is 0 Å². The van der Waals surface area contributed by atoms with E-state index in [0.717, 1.165) is 26.9 Å². The molecular weight excluding hydrogens is 373 g/mol. The number of nitrogens with one attached hydrogen (secondary N) is 1. The van der Waals surface area contributed by atoms with Crippen LogP contribution in [0.15, 0.2) is 46.9 Å². The largest absolute Gasteiger partial charge is 0.382 e. The van der Waals surface area contributed by atoms with Crippen molar-refractivity contribution >= 4 is 44.9 Å². The van der Waals surface area contributed by atoms with E-state index < -0.39 is 0 Å². The summed E-state index contributed by atoms with van der Waals surface area (Å²) in [7, 11) is 0. The first-order valence-electron chi connectivity index (χ1n) is 6.11. The van der Waals surface area contributed by atoms with E-state index in [0.29, 0.717) is 15.9 Å². The zero-order chi connectivity index (χ0) is 15.0. The summed E-state index contributed by atoms with van der Waals surface area (Å²) in [6.45, 7) is 0. The third-order valence-corrected chi connectivity index (χ3v) is 4.35. The molecule has 21 heavy (non-hydrogen) atoms. The van der Waals surface area contributed by atoms with Gasteiger partial charge in [-0.1, -0.05) is 57.3 Å². The highest BCUT2D eigenvalue weighted by atomic mass is 79.9. The molecule has 0 fully saturated rings. The van der Waals surface area contributed by atoms with Gasteiger partial charge in [0.1, 0.15) is 0 Å². The van der Waals surface area contributed by atoms with Crippen LogP contribution in [0.25, 0.3) is 22.4 Å². The molecular formula is C15H10BrCl2N3. The normalized spacial score (nSPS) is 10.8. The van der Waals surface area contributed by atoms with Gasteiger partial charge in [-0.25, -0.2) is 0 Å². The number of hydrogen-bond donors (Lipinski definition) is 2. The average molecular weight is 383 g/mol. The second kappa shape index (κ2) is 5.72. The third kappa shape index (κ3) is 2.79. The fraction of sp³-hybridized carbons (Fsp3) is 0. The molecule has 0 aliphatic rings. The quantitative estimate of drug-likeness (QED) is 0.623. The number of H-pyrrole nitrogens is 1. The van der Waals surface area contributed by atoms with Crippen molar-refractivity contribution in [1.82, 2.24) is 10.2 Å². The summed E-state index contributed by atoms with van der Waals surface area (Å²) < 4.78 is 0.980. The molecule has 0 radical (unpaired) electrons. The zero-order valence-corrected chi connectivity index (χ0v) is 13.8. The molecule has 0 unspecified atom stereocenters. The number of hydrogen-bond acceptors (Lipinski definition) is 2. The molecule has 3 N–H and O–H groups in total. The molecule has 0 aliphatic carbocycles. The van der Waals surface area contributed by atoms with E-state index >= 15 is 0 Å². The number of halogens is 3. The van der Waals surface area contributed by atoms with Gasteiger partial charge in [-0.2, -0.15) is 5.10 Å². The summed E-state index contributed by atoms with van der Waals surface area (Å²) in [5, 5.41) is 8.08. The number of nitrogens with two attached hydrogens (primary N) is 1. The van der Waals surface area contributed by atoms with Crippen molar-refractivity contribution in [3.05, 3.63) is 57.0 Å². The topological polar surface area (TPSA) is 54.7 Å². The minimum Gasteiger partial charge on any atom is -0.382 e. The molecule has 6 heteroatoms. The monoisotopic (exact) mass is 381 g/mol. The van der Waals surface area contributed by atoms with Crippen LogP contribution in [0.3, 0.4) is 0 Å². The Balaban J connectivity index is 2.19. The second-order valence-electron chi connectivity index (χ2n) is 4.50. The second-order valence-corrected chi connectivity index (χ2v) is 6.23. The van der Waals surface area contributed by atoms with Crippen LogP contribution in [0.2, 0.25) is 10.0 Å². The number of aromatic amines is 1. The van der Waals surface area contributed by atoms with Gasteiger partial charge in [0.15, 0.2) is 5.82 Å². The Morgan fingerprint density at radius 2 is 1.81 bits per heavy atom. The molecule has 3 rings (SSSR count). The summed E-state index contributed by atoms with van der Waals surface area (Å²) in [5.74, 6) is 0.420. The molecule has 0 spiro atoms. The van der Waals surface area contributed by atoms with Crippen molar-refractivity contribution in [3.8, 4) is 22.4 Å². The van der Waals surface area contributed by atoms with E-state index in [1.54, 1.807) is 12.1 Å². The Labute approximate surface area is 140 Å². The summed E-state index contributed by atoms with van der Waals surface area (Å²) >= 11 is 15.5. The van der Waals surface area contributed by atoms with E-state index in [1.807, 2.05) is 30.3 Å². The van der Waals surface area contributed by atoms with Crippen LogP contribution in [-0.4, -0.2) is 10.2 Å². The number of anilines is 1. The maximum absolute atomic E-state index is 6.10. The van der Waals surface area contributed by atoms with Crippen LogP contribution in [-0.2, 0) is 0 Å². The van der Waals surface area contributed by atoms with E-state index in [2.05, 4.69) is 26.1 Å². The van der Waals surface area contributed by atoms with Crippen LogP contribution >= 0.6 is 39.1 Å². The standard InChI is InChI=1S/C15H10BrCl2N3/c16-10-3-1-2-9(6-10)14-13(15(19)21-20-14)8-4-5-11(17)12(18)7-8/h1-7H,(H3,19,20,21). The molecule has 0 bridgehead atoms. The fourth-order valence-corrected chi connectivity index (χ4v) is 2.85. The molecule has 3 nitrogen and oxygen atoms in total. The van der Waals surface area contributed by atoms with Crippen LogP contribution in [0.1, 0.15) is 0 Å². The SMILES string of the molecule is Nc1n[nH]c(-c2cccc(Br)c2)c1-c1ccc(Cl)c(Cl)c1. The number of benzene rings is 2. The molecule has 3 aromatic rings. The molecule has 0 saturated heterocycles. The maximum atomic E-state index is 6.10. The first-order valence-corrected chi connectivity index (χ1v) is 7.66. The lowest BCUT2D eigenvalue weighted by atomic mass is 10.0. The van der Waals surface area contributed by atoms with Crippen molar-refractivity contribution in [2.75, 3.05) is 5.73 Å². The molecule has 1 aromatic heterocycles. The Kier molecular flexibility index (Phi) is 3.93.